The van der Waals surface area contributed by atoms with Crippen LogP contribution < -0.4 is 5.32 Å². The molecule has 0 spiro atoms. The average molecular weight is 337 g/mol. The Morgan fingerprint density at radius 2 is 1.88 bits per heavy atom. The van der Waals surface area contributed by atoms with Gasteiger partial charge in [-0.3, -0.25) is 4.98 Å². The van der Waals surface area contributed by atoms with Crippen molar-refractivity contribution < 1.29 is 14.3 Å². The number of pyridine rings is 1. The Morgan fingerprint density at radius 3 is 2.56 bits per heavy atom. The molecule has 2 heterocycles. The maximum absolute atomic E-state index is 12.7. The molecule has 6 nitrogen and oxygen atoms in total. The summed E-state index contributed by atoms with van der Waals surface area (Å²) in [5.41, 5.74) is 1.62. The quantitative estimate of drug-likeness (QED) is 0.722. The van der Waals surface area contributed by atoms with Crippen molar-refractivity contribution in [2.45, 2.75) is 12.6 Å². The Morgan fingerprint density at radius 1 is 1.12 bits per heavy atom. The second-order valence-corrected chi connectivity index (χ2v) is 5.56. The number of aromatic nitrogens is 1. The summed E-state index contributed by atoms with van der Waals surface area (Å²) < 4.78 is 5.23. The van der Waals surface area contributed by atoms with Gasteiger partial charge in [-0.15, -0.1) is 0 Å². The molecule has 2 N–H and O–H groups in total. The zero-order valence-electron chi connectivity index (χ0n) is 13.6. The first-order valence-electron chi connectivity index (χ1n) is 7.94. The fourth-order valence-electron chi connectivity index (χ4n) is 2.44. The molecule has 3 rings (SSSR count). The monoisotopic (exact) mass is 337 g/mol. The van der Waals surface area contributed by atoms with Crippen LogP contribution in [0.2, 0.25) is 0 Å². The van der Waals surface area contributed by atoms with Gasteiger partial charge in [0, 0.05) is 24.6 Å². The third-order valence-electron chi connectivity index (χ3n) is 3.70. The summed E-state index contributed by atoms with van der Waals surface area (Å²) in [5, 5.41) is 13.2. The number of hydrogen-bond acceptors (Lipinski definition) is 4. The first-order chi connectivity index (χ1) is 12.2. The minimum atomic E-state index is -0.901. The van der Waals surface area contributed by atoms with Crippen LogP contribution in [0.4, 0.5) is 10.5 Å². The second kappa shape index (κ2) is 8.12. The topological polar surface area (TPSA) is 78.6 Å². The van der Waals surface area contributed by atoms with Crippen molar-refractivity contribution in [2.24, 2.45) is 0 Å². The molecule has 0 aliphatic carbocycles. The first-order valence-corrected chi connectivity index (χ1v) is 7.94. The minimum absolute atomic E-state index is 0.110. The highest BCUT2D eigenvalue weighted by atomic mass is 16.4. The Labute approximate surface area is 145 Å². The molecule has 0 aliphatic heterocycles. The lowest BCUT2D eigenvalue weighted by Crippen LogP contribution is -2.37. The van der Waals surface area contributed by atoms with E-state index in [4.69, 9.17) is 4.42 Å². The van der Waals surface area contributed by atoms with E-state index in [1.54, 1.807) is 41.6 Å². The molecule has 128 valence electrons. The maximum atomic E-state index is 12.7. The lowest BCUT2D eigenvalue weighted by Gasteiger charge is -2.25. The van der Waals surface area contributed by atoms with Crippen LogP contribution in [-0.4, -0.2) is 27.6 Å². The SMILES string of the molecule is O=C(Nc1ccncc1)N(Cc1ccccc1)CC(O)c1ccco1. The molecule has 0 fully saturated rings. The third kappa shape index (κ3) is 4.68. The molecule has 3 aromatic rings. The number of urea groups is 1. The molecule has 1 unspecified atom stereocenters. The summed E-state index contributed by atoms with van der Waals surface area (Å²) >= 11 is 0. The van der Waals surface area contributed by atoms with Gasteiger partial charge in [0.15, 0.2) is 0 Å². The van der Waals surface area contributed by atoms with Crippen LogP contribution >= 0.6 is 0 Å². The van der Waals surface area contributed by atoms with Gasteiger partial charge in [-0.05, 0) is 29.8 Å². The highest BCUT2D eigenvalue weighted by Gasteiger charge is 2.20. The number of rotatable bonds is 6. The Kier molecular flexibility index (Phi) is 5.43. The number of nitrogens with zero attached hydrogens (tertiary/aromatic N) is 2. The fourth-order valence-corrected chi connectivity index (χ4v) is 2.44. The van der Waals surface area contributed by atoms with E-state index in [0.29, 0.717) is 18.0 Å². The predicted molar refractivity (Wildman–Crippen MR) is 93.8 cm³/mol. The molecule has 1 aromatic carbocycles. The number of anilines is 1. The van der Waals surface area contributed by atoms with Crippen molar-refractivity contribution in [2.75, 3.05) is 11.9 Å². The van der Waals surface area contributed by atoms with Gasteiger partial charge in [0.25, 0.3) is 0 Å². The van der Waals surface area contributed by atoms with E-state index >= 15 is 0 Å². The van der Waals surface area contributed by atoms with Crippen LogP contribution in [0.5, 0.6) is 0 Å². The highest BCUT2D eigenvalue weighted by Crippen LogP contribution is 2.17. The van der Waals surface area contributed by atoms with Crippen LogP contribution in [-0.2, 0) is 6.54 Å². The number of amides is 2. The zero-order chi connectivity index (χ0) is 17.5. The van der Waals surface area contributed by atoms with Gasteiger partial charge in [0.2, 0.25) is 0 Å². The second-order valence-electron chi connectivity index (χ2n) is 5.56. The third-order valence-corrected chi connectivity index (χ3v) is 3.70. The molecule has 0 bridgehead atoms. The van der Waals surface area contributed by atoms with Crippen molar-refractivity contribution in [1.29, 1.82) is 0 Å². The summed E-state index contributed by atoms with van der Waals surface area (Å²) in [4.78, 5) is 18.1. The number of furan rings is 1. The average Bonchev–Trinajstić information content (AvgIpc) is 3.18. The van der Waals surface area contributed by atoms with Gasteiger partial charge < -0.3 is 19.7 Å². The van der Waals surface area contributed by atoms with Crippen LogP contribution in [0.25, 0.3) is 0 Å². The number of hydrogen-bond donors (Lipinski definition) is 2. The molecule has 1 atom stereocenters. The number of benzene rings is 1. The first kappa shape index (κ1) is 16.7. The van der Waals surface area contributed by atoms with Crippen molar-refractivity contribution in [3.63, 3.8) is 0 Å². The van der Waals surface area contributed by atoms with E-state index in [-0.39, 0.29) is 12.6 Å². The minimum Gasteiger partial charge on any atom is -0.467 e. The molecule has 0 saturated carbocycles. The lowest BCUT2D eigenvalue weighted by atomic mass is 10.2. The Hall–Kier alpha value is -3.12. The van der Waals surface area contributed by atoms with Crippen molar-refractivity contribution in [3.8, 4) is 0 Å². The van der Waals surface area contributed by atoms with Gasteiger partial charge in [-0.1, -0.05) is 30.3 Å². The van der Waals surface area contributed by atoms with Crippen LogP contribution in [0.15, 0.2) is 77.7 Å². The van der Waals surface area contributed by atoms with Gasteiger partial charge in [-0.25, -0.2) is 4.79 Å². The predicted octanol–water partition coefficient (Wildman–Crippen LogP) is 3.44. The van der Waals surface area contributed by atoms with E-state index in [0.717, 1.165) is 5.56 Å². The van der Waals surface area contributed by atoms with E-state index in [1.807, 2.05) is 30.3 Å². The Balaban J connectivity index is 1.74. The summed E-state index contributed by atoms with van der Waals surface area (Å²) in [5.74, 6) is 0.426. The van der Waals surface area contributed by atoms with E-state index in [2.05, 4.69) is 10.3 Å². The molecule has 0 saturated heterocycles. The molecule has 25 heavy (non-hydrogen) atoms. The number of nitrogens with one attached hydrogen (secondary N) is 1. The number of aliphatic hydroxyl groups is 1. The highest BCUT2D eigenvalue weighted by molar-refractivity contribution is 5.89. The maximum Gasteiger partial charge on any atom is 0.322 e. The summed E-state index contributed by atoms with van der Waals surface area (Å²) in [6.45, 7) is 0.481. The van der Waals surface area contributed by atoms with Crippen LogP contribution in [0.3, 0.4) is 0 Å². The van der Waals surface area contributed by atoms with Crippen LogP contribution in [0, 0.1) is 0 Å². The fraction of sp³-hybridized carbons (Fsp3) is 0.158. The van der Waals surface area contributed by atoms with E-state index in [1.165, 1.54) is 6.26 Å². The normalized spacial score (nSPS) is 11.7. The number of carbonyl (C=O) groups excluding carboxylic acids is 1. The lowest BCUT2D eigenvalue weighted by molar-refractivity contribution is 0.105. The summed E-state index contributed by atoms with van der Waals surface area (Å²) in [6, 6.07) is 16.1. The number of aliphatic hydroxyl groups excluding tert-OH is 1. The van der Waals surface area contributed by atoms with Gasteiger partial charge in [0.1, 0.15) is 11.9 Å². The smallest absolute Gasteiger partial charge is 0.322 e. The number of carbonyl (C=O) groups is 1. The van der Waals surface area contributed by atoms with E-state index in [9.17, 15) is 9.90 Å². The summed E-state index contributed by atoms with van der Waals surface area (Å²) in [6.07, 6.45) is 3.81. The molecule has 6 heteroatoms. The van der Waals surface area contributed by atoms with Crippen molar-refractivity contribution in [1.82, 2.24) is 9.88 Å². The largest absolute Gasteiger partial charge is 0.467 e. The van der Waals surface area contributed by atoms with Crippen molar-refractivity contribution >= 4 is 11.7 Å². The standard InChI is InChI=1S/C19H19N3O3/c23-17(18-7-4-12-25-18)14-22(13-15-5-2-1-3-6-15)19(24)21-16-8-10-20-11-9-16/h1-12,17,23H,13-14H2,(H,20,21,24). The van der Waals surface area contributed by atoms with Gasteiger partial charge in [0.05, 0.1) is 12.8 Å². The van der Waals surface area contributed by atoms with Gasteiger partial charge in [-0.2, -0.15) is 0 Å². The molecular weight excluding hydrogens is 318 g/mol. The summed E-state index contributed by atoms with van der Waals surface area (Å²) in [7, 11) is 0. The Bertz CT molecular complexity index is 776. The molecule has 0 aliphatic rings. The van der Waals surface area contributed by atoms with Crippen molar-refractivity contribution in [3.05, 3.63) is 84.6 Å². The zero-order valence-corrected chi connectivity index (χ0v) is 13.6. The van der Waals surface area contributed by atoms with Gasteiger partial charge >= 0.3 is 6.03 Å². The van der Waals surface area contributed by atoms with E-state index < -0.39 is 6.10 Å². The molecule has 2 aromatic heterocycles. The van der Waals surface area contributed by atoms with Crippen LogP contribution in [0.1, 0.15) is 17.4 Å². The molecule has 0 radical (unpaired) electrons. The molecule has 2 amide bonds. The molecular formula is C19H19N3O3.